The fourth-order valence-electron chi connectivity index (χ4n) is 1.95. The highest BCUT2D eigenvalue weighted by Crippen LogP contribution is 2.27. The van der Waals surface area contributed by atoms with Gasteiger partial charge in [0.15, 0.2) is 0 Å². The maximum atomic E-state index is 4.46. The fourth-order valence-corrected chi connectivity index (χ4v) is 2.88. The molecule has 2 aromatic rings. The van der Waals surface area contributed by atoms with Crippen LogP contribution >= 0.6 is 11.3 Å². The van der Waals surface area contributed by atoms with Crippen molar-refractivity contribution in [1.29, 1.82) is 0 Å². The Balaban J connectivity index is 2.26. The second-order valence-corrected chi connectivity index (χ2v) is 6.21. The van der Waals surface area contributed by atoms with Crippen molar-refractivity contribution in [3.8, 4) is 0 Å². The van der Waals surface area contributed by atoms with Gasteiger partial charge in [-0.15, -0.1) is 11.3 Å². The van der Waals surface area contributed by atoms with E-state index in [1.165, 1.54) is 4.88 Å². The van der Waals surface area contributed by atoms with Gasteiger partial charge >= 0.3 is 0 Å². The molecule has 0 spiro atoms. The molecule has 0 fully saturated rings. The van der Waals surface area contributed by atoms with E-state index in [4.69, 9.17) is 0 Å². The summed E-state index contributed by atoms with van der Waals surface area (Å²) in [6.45, 7) is 6.12. The van der Waals surface area contributed by atoms with Gasteiger partial charge in [0.1, 0.15) is 0 Å². The predicted molar refractivity (Wildman–Crippen MR) is 87.3 cm³/mol. The zero-order chi connectivity index (χ0) is 15.6. The van der Waals surface area contributed by atoms with Gasteiger partial charge in [0, 0.05) is 26.0 Å². The van der Waals surface area contributed by atoms with Gasteiger partial charge in [-0.1, -0.05) is 0 Å². The molecule has 0 saturated carbocycles. The summed E-state index contributed by atoms with van der Waals surface area (Å²) in [5.41, 5.74) is 1.05. The van der Waals surface area contributed by atoms with E-state index in [9.17, 15) is 0 Å². The molecule has 1 atom stereocenters. The third kappa shape index (κ3) is 3.57. The summed E-state index contributed by atoms with van der Waals surface area (Å²) in [6.07, 6.45) is 0. The van der Waals surface area contributed by atoms with E-state index < -0.39 is 0 Å². The minimum absolute atomic E-state index is 0.0957. The molecule has 2 rings (SSSR count). The van der Waals surface area contributed by atoms with Crippen LogP contribution in [0.3, 0.4) is 0 Å². The molecule has 21 heavy (non-hydrogen) atoms. The molecule has 2 N–H and O–H groups in total. The van der Waals surface area contributed by atoms with Gasteiger partial charge in [-0.2, -0.15) is 15.0 Å². The first-order valence-corrected chi connectivity index (χ1v) is 7.54. The van der Waals surface area contributed by atoms with Crippen LogP contribution in [-0.2, 0) is 0 Å². The second kappa shape index (κ2) is 6.21. The normalized spacial score (nSPS) is 12.1. The smallest absolute Gasteiger partial charge is 0.231 e. The van der Waals surface area contributed by atoms with Crippen LogP contribution in [0.1, 0.15) is 28.5 Å². The van der Waals surface area contributed by atoms with Gasteiger partial charge < -0.3 is 15.5 Å². The van der Waals surface area contributed by atoms with Gasteiger partial charge in [-0.3, -0.25) is 0 Å². The van der Waals surface area contributed by atoms with E-state index in [1.54, 1.807) is 18.4 Å². The maximum Gasteiger partial charge on any atom is 0.231 e. The Kier molecular flexibility index (Phi) is 4.56. The van der Waals surface area contributed by atoms with Crippen molar-refractivity contribution in [3.63, 3.8) is 0 Å². The molecular formula is C13H21N7S. The number of nitrogens with zero attached hydrogens (tertiary/aromatic N) is 5. The number of aryl methyl sites for hydroxylation is 2. The summed E-state index contributed by atoms with van der Waals surface area (Å²) in [4.78, 5) is 20.6. The van der Waals surface area contributed by atoms with E-state index in [-0.39, 0.29) is 6.04 Å². The predicted octanol–water partition coefficient (Wildman–Crippen LogP) is 2.23. The number of hydrogen-bond acceptors (Lipinski definition) is 8. The second-order valence-electron chi connectivity index (χ2n) is 4.98. The highest BCUT2D eigenvalue weighted by atomic mass is 32.1. The summed E-state index contributed by atoms with van der Waals surface area (Å²) in [7, 11) is 5.59. The lowest BCUT2D eigenvalue weighted by molar-refractivity contribution is 0.853. The van der Waals surface area contributed by atoms with Crippen LogP contribution in [0.25, 0.3) is 0 Å². The lowest BCUT2D eigenvalue weighted by Crippen LogP contribution is -2.17. The Morgan fingerprint density at radius 3 is 2.24 bits per heavy atom. The van der Waals surface area contributed by atoms with Crippen LogP contribution in [0.15, 0.2) is 0 Å². The number of hydrogen-bond donors (Lipinski definition) is 2. The molecule has 2 heterocycles. The van der Waals surface area contributed by atoms with Crippen LogP contribution in [0, 0.1) is 13.8 Å². The Hall–Kier alpha value is -1.96. The lowest BCUT2D eigenvalue weighted by Gasteiger charge is -2.16. The van der Waals surface area contributed by atoms with Crippen molar-refractivity contribution in [2.45, 2.75) is 26.8 Å². The molecular weight excluding hydrogens is 286 g/mol. The highest BCUT2D eigenvalue weighted by molar-refractivity contribution is 7.11. The third-order valence-electron chi connectivity index (χ3n) is 2.93. The third-order valence-corrected chi connectivity index (χ3v) is 4.18. The first-order chi connectivity index (χ1) is 9.90. The average molecular weight is 307 g/mol. The van der Waals surface area contributed by atoms with Crippen molar-refractivity contribution < 1.29 is 0 Å². The Bertz CT molecular complexity index is 623. The fraction of sp³-hybridized carbons (Fsp3) is 0.538. The van der Waals surface area contributed by atoms with E-state index in [0.717, 1.165) is 10.7 Å². The first kappa shape index (κ1) is 15.4. The number of rotatable bonds is 5. The van der Waals surface area contributed by atoms with E-state index in [2.05, 4.69) is 37.5 Å². The molecule has 0 aliphatic heterocycles. The van der Waals surface area contributed by atoms with Crippen LogP contribution in [-0.4, -0.2) is 41.1 Å². The summed E-state index contributed by atoms with van der Waals surface area (Å²) in [5, 5.41) is 7.34. The molecule has 0 saturated heterocycles. The highest BCUT2D eigenvalue weighted by Gasteiger charge is 2.15. The van der Waals surface area contributed by atoms with Gasteiger partial charge in [-0.25, -0.2) is 4.98 Å². The quantitative estimate of drug-likeness (QED) is 0.877. The van der Waals surface area contributed by atoms with Crippen LogP contribution in [0.4, 0.5) is 17.8 Å². The molecule has 0 aliphatic rings. The van der Waals surface area contributed by atoms with Crippen LogP contribution < -0.4 is 15.5 Å². The molecule has 7 nitrogen and oxygen atoms in total. The first-order valence-electron chi connectivity index (χ1n) is 6.72. The van der Waals surface area contributed by atoms with Crippen molar-refractivity contribution in [2.75, 3.05) is 36.7 Å². The standard InChI is InChI=1S/C13H21N7S/c1-7-10(21-9(3)15-7)8(2)16-12-17-11(14-4)18-13(19-12)20(5)6/h8H,1-6H3,(H2,14,16,17,18,19). The molecule has 2 aromatic heterocycles. The Morgan fingerprint density at radius 1 is 1.05 bits per heavy atom. The zero-order valence-corrected chi connectivity index (χ0v) is 14.0. The van der Waals surface area contributed by atoms with Crippen LogP contribution in [0.5, 0.6) is 0 Å². The van der Waals surface area contributed by atoms with Crippen molar-refractivity contribution in [2.24, 2.45) is 0 Å². The lowest BCUT2D eigenvalue weighted by atomic mass is 10.2. The topological polar surface area (TPSA) is 78.9 Å². The number of anilines is 3. The summed E-state index contributed by atoms with van der Waals surface area (Å²) in [5.74, 6) is 1.71. The average Bonchev–Trinajstić information content (AvgIpc) is 2.77. The molecule has 0 radical (unpaired) electrons. The van der Waals surface area contributed by atoms with Gasteiger partial charge in [0.2, 0.25) is 17.8 Å². The van der Waals surface area contributed by atoms with Crippen LogP contribution in [0.2, 0.25) is 0 Å². The van der Waals surface area contributed by atoms with E-state index >= 15 is 0 Å². The molecule has 0 amide bonds. The summed E-state index contributed by atoms with van der Waals surface area (Å²) >= 11 is 1.69. The zero-order valence-electron chi connectivity index (χ0n) is 13.2. The molecule has 0 aliphatic carbocycles. The molecule has 0 aromatic carbocycles. The number of thiazole rings is 1. The largest absolute Gasteiger partial charge is 0.357 e. The number of nitrogens with one attached hydrogen (secondary N) is 2. The Labute approximate surface area is 128 Å². The van der Waals surface area contributed by atoms with Gasteiger partial charge in [0.25, 0.3) is 0 Å². The minimum atomic E-state index is 0.0957. The van der Waals surface area contributed by atoms with E-state index in [0.29, 0.717) is 17.8 Å². The molecule has 114 valence electrons. The van der Waals surface area contributed by atoms with Gasteiger partial charge in [0.05, 0.1) is 16.7 Å². The molecule has 8 heteroatoms. The van der Waals surface area contributed by atoms with Crippen molar-refractivity contribution in [1.82, 2.24) is 19.9 Å². The molecule has 1 unspecified atom stereocenters. The maximum absolute atomic E-state index is 4.46. The summed E-state index contributed by atoms with van der Waals surface area (Å²) in [6, 6.07) is 0.0957. The Morgan fingerprint density at radius 2 is 1.71 bits per heavy atom. The van der Waals surface area contributed by atoms with Gasteiger partial charge in [-0.05, 0) is 20.8 Å². The van der Waals surface area contributed by atoms with Crippen molar-refractivity contribution >= 4 is 29.2 Å². The summed E-state index contributed by atoms with van der Waals surface area (Å²) < 4.78 is 0. The monoisotopic (exact) mass is 307 g/mol. The molecule has 0 bridgehead atoms. The SMILES string of the molecule is CNc1nc(NC(C)c2sc(C)nc2C)nc(N(C)C)n1. The minimum Gasteiger partial charge on any atom is -0.357 e. The van der Waals surface area contributed by atoms with E-state index in [1.807, 2.05) is 32.8 Å². The van der Waals surface area contributed by atoms with Crippen molar-refractivity contribution in [3.05, 3.63) is 15.6 Å². The number of aromatic nitrogens is 4.